The summed E-state index contributed by atoms with van der Waals surface area (Å²) in [7, 11) is 0. The summed E-state index contributed by atoms with van der Waals surface area (Å²) in [5, 5.41) is 2.27. The van der Waals surface area contributed by atoms with Crippen LogP contribution >= 0.6 is 0 Å². The first kappa shape index (κ1) is 45.9. The Morgan fingerprint density at radius 2 is 1.15 bits per heavy atom. The maximum absolute atomic E-state index is 7.00. The maximum Gasteiger partial charge on any atom is 0.135 e. The molecular formula is C59H61N4OPt-3. The minimum Gasteiger partial charge on any atom is -0.509 e. The summed E-state index contributed by atoms with van der Waals surface area (Å²) in [6.45, 7) is 31.5. The Morgan fingerprint density at radius 3 is 1.83 bits per heavy atom. The van der Waals surface area contributed by atoms with E-state index in [0.29, 0.717) is 11.5 Å². The molecule has 0 saturated carbocycles. The van der Waals surface area contributed by atoms with Crippen LogP contribution in [0.15, 0.2) is 128 Å². The normalized spacial score (nSPS) is 13.4. The fourth-order valence-electron chi connectivity index (χ4n) is 8.84. The average Bonchev–Trinajstić information content (AvgIpc) is 3.78. The van der Waals surface area contributed by atoms with Crippen LogP contribution < -0.4 is 14.5 Å². The van der Waals surface area contributed by atoms with E-state index in [9.17, 15) is 0 Å². The third-order valence-corrected chi connectivity index (χ3v) is 13.2. The van der Waals surface area contributed by atoms with E-state index < -0.39 is 0 Å². The molecule has 0 bridgehead atoms. The van der Waals surface area contributed by atoms with E-state index in [1.807, 2.05) is 12.3 Å². The summed E-state index contributed by atoms with van der Waals surface area (Å²) in [5.41, 5.74) is 14.4. The van der Waals surface area contributed by atoms with Crippen molar-refractivity contribution >= 4 is 44.6 Å². The van der Waals surface area contributed by atoms with Crippen molar-refractivity contribution in [2.75, 3.05) is 9.80 Å². The second-order valence-electron chi connectivity index (χ2n) is 21.3. The smallest absolute Gasteiger partial charge is 0.135 e. The van der Waals surface area contributed by atoms with Crippen molar-refractivity contribution < 1.29 is 25.8 Å². The van der Waals surface area contributed by atoms with Gasteiger partial charge >= 0.3 is 0 Å². The summed E-state index contributed by atoms with van der Waals surface area (Å²) in [5.74, 6) is 2.08. The first-order valence-electron chi connectivity index (χ1n) is 22.6. The second kappa shape index (κ2) is 16.7. The van der Waals surface area contributed by atoms with Crippen LogP contribution in [-0.2, 0) is 42.7 Å². The predicted octanol–water partition coefficient (Wildman–Crippen LogP) is 15.8. The first-order chi connectivity index (χ1) is 30.2. The van der Waals surface area contributed by atoms with Crippen LogP contribution in [0.25, 0.3) is 27.6 Å². The fraction of sp³-hybridized carbons (Fsp3) is 0.288. The van der Waals surface area contributed by atoms with Gasteiger partial charge in [0.2, 0.25) is 0 Å². The number of ether oxygens (including phenoxy) is 1. The van der Waals surface area contributed by atoms with Gasteiger partial charge in [0.1, 0.15) is 5.82 Å². The zero-order valence-electron chi connectivity index (χ0n) is 40.2. The molecule has 1 aliphatic heterocycles. The van der Waals surface area contributed by atoms with E-state index in [2.05, 4.69) is 238 Å². The molecule has 0 N–H and O–H groups in total. The van der Waals surface area contributed by atoms with Crippen LogP contribution in [0.4, 0.5) is 22.7 Å². The second-order valence-corrected chi connectivity index (χ2v) is 21.3. The monoisotopic (exact) mass is 1040 g/mol. The largest absolute Gasteiger partial charge is 0.509 e. The number of fused-ring (bicyclic) bond motifs is 4. The van der Waals surface area contributed by atoms with Gasteiger partial charge in [0.15, 0.2) is 0 Å². The zero-order valence-corrected chi connectivity index (χ0v) is 42.5. The maximum atomic E-state index is 7.00. The number of aromatic nitrogens is 2. The van der Waals surface area contributed by atoms with Crippen molar-refractivity contribution in [2.24, 2.45) is 0 Å². The van der Waals surface area contributed by atoms with Crippen molar-refractivity contribution in [2.45, 2.75) is 112 Å². The Hall–Kier alpha value is -5.64. The van der Waals surface area contributed by atoms with Crippen molar-refractivity contribution in [3.8, 4) is 17.3 Å². The molecule has 1 aliphatic rings. The standard InChI is InChI=1S/C59H61N4O.Pt/c1-38-28-53-54(29-39(38)2)62(37-61(53)45-21-17-20-41(30-45)56(3,4)5)46-31-44(59(12,13)40-18-15-14-16-19-40)32-48(35-46)64-47-23-24-49-50-33-42(57(6,7)8)22-25-51(50)63(52(49)36-47)55-34-43(26-27-60-55)58(9,10)11;/h14-34,37H,1-13H3;/q-3;. The molecule has 2 aromatic heterocycles. The topological polar surface area (TPSA) is 33.5 Å². The molecule has 336 valence electrons. The number of rotatable bonds is 7. The van der Waals surface area contributed by atoms with Gasteiger partial charge in [0, 0.05) is 61.3 Å². The van der Waals surface area contributed by atoms with Gasteiger partial charge in [-0.1, -0.05) is 136 Å². The molecule has 0 radical (unpaired) electrons. The van der Waals surface area contributed by atoms with Crippen LogP contribution in [0.3, 0.4) is 0 Å². The van der Waals surface area contributed by atoms with Gasteiger partial charge < -0.3 is 19.1 Å². The minimum atomic E-state index is -0.357. The van der Waals surface area contributed by atoms with E-state index in [-0.39, 0.29) is 42.7 Å². The van der Waals surface area contributed by atoms with Gasteiger partial charge in [-0.3, -0.25) is 0 Å². The number of pyridine rings is 1. The van der Waals surface area contributed by atoms with Crippen LogP contribution in [0, 0.1) is 32.6 Å². The number of benzene rings is 6. The molecule has 0 amide bonds. The molecule has 9 rings (SSSR count). The van der Waals surface area contributed by atoms with Gasteiger partial charge in [-0.25, -0.2) is 4.98 Å². The first-order valence-corrected chi connectivity index (χ1v) is 22.6. The number of anilines is 4. The summed E-state index contributed by atoms with van der Waals surface area (Å²) < 4.78 is 9.24. The van der Waals surface area contributed by atoms with Crippen molar-refractivity contribution in [1.82, 2.24) is 9.55 Å². The molecule has 0 saturated heterocycles. The predicted molar refractivity (Wildman–Crippen MR) is 268 cm³/mol. The Labute approximate surface area is 401 Å². The van der Waals surface area contributed by atoms with E-state index in [4.69, 9.17) is 9.72 Å². The van der Waals surface area contributed by atoms with E-state index in [1.54, 1.807) is 0 Å². The number of aryl methyl sites for hydroxylation is 2. The van der Waals surface area contributed by atoms with Gasteiger partial charge in [-0.2, -0.15) is 6.07 Å². The molecule has 6 heteroatoms. The zero-order chi connectivity index (χ0) is 45.5. The summed E-state index contributed by atoms with van der Waals surface area (Å²) in [6.07, 6.45) is 1.92. The Morgan fingerprint density at radius 1 is 0.523 bits per heavy atom. The Kier molecular flexibility index (Phi) is 11.8. The van der Waals surface area contributed by atoms with Crippen molar-refractivity contribution in [3.05, 3.63) is 185 Å². The molecule has 8 aromatic rings. The molecule has 0 fully saturated rings. The average molecular weight is 1040 g/mol. The Balaban J connectivity index is 0.00000576. The number of hydrogen-bond acceptors (Lipinski definition) is 4. The minimum absolute atomic E-state index is 0. The molecule has 0 unspecified atom stereocenters. The van der Waals surface area contributed by atoms with Gasteiger partial charge in [0.05, 0.1) is 0 Å². The van der Waals surface area contributed by atoms with Gasteiger partial charge in [0.25, 0.3) is 0 Å². The third-order valence-electron chi connectivity index (χ3n) is 13.2. The van der Waals surface area contributed by atoms with Crippen LogP contribution in [0.5, 0.6) is 11.5 Å². The van der Waals surface area contributed by atoms with Crippen molar-refractivity contribution in [3.63, 3.8) is 0 Å². The SMILES string of the molecule is Cc1cc2c(cc1C)N(c1cccc(C(C)(C)C)c1)[CH-]N2c1[c-]c(Oc2[c-]c3c(cc2)c2cc(C(C)(C)C)ccc2n3-c2cc(C(C)(C)C)ccn2)cc(C(C)(C)c2ccccc2)c1.[Pt]. The summed E-state index contributed by atoms with van der Waals surface area (Å²) >= 11 is 0. The van der Waals surface area contributed by atoms with E-state index in [0.717, 1.165) is 50.6 Å². The van der Waals surface area contributed by atoms with Gasteiger partial charge in [-0.05, 0) is 117 Å². The molecule has 5 nitrogen and oxygen atoms in total. The Bertz CT molecular complexity index is 3070. The molecule has 6 aromatic carbocycles. The van der Waals surface area contributed by atoms with Crippen LogP contribution in [0.2, 0.25) is 0 Å². The molecule has 0 atom stereocenters. The molecule has 3 heterocycles. The third kappa shape index (κ3) is 8.65. The molecule has 65 heavy (non-hydrogen) atoms. The molecular weight excluding hydrogens is 976 g/mol. The van der Waals surface area contributed by atoms with Gasteiger partial charge in [-0.15, -0.1) is 53.6 Å². The van der Waals surface area contributed by atoms with E-state index in [1.165, 1.54) is 38.8 Å². The van der Waals surface area contributed by atoms with Crippen LogP contribution in [-0.4, -0.2) is 9.55 Å². The summed E-state index contributed by atoms with van der Waals surface area (Å²) in [6, 6.07) is 51.5. The van der Waals surface area contributed by atoms with Crippen molar-refractivity contribution in [1.29, 1.82) is 0 Å². The quantitative estimate of drug-likeness (QED) is 0.149. The number of hydrogen-bond donors (Lipinski definition) is 0. The summed E-state index contributed by atoms with van der Waals surface area (Å²) in [4.78, 5) is 9.55. The molecule has 0 aliphatic carbocycles. The fourth-order valence-corrected chi connectivity index (χ4v) is 8.84. The van der Waals surface area contributed by atoms with E-state index >= 15 is 0 Å². The number of nitrogens with zero attached hydrogens (tertiary/aromatic N) is 4. The molecule has 0 spiro atoms. The van der Waals surface area contributed by atoms with Crippen LogP contribution in [0.1, 0.15) is 115 Å².